The molecular formula is C26H35N3O5. The van der Waals surface area contributed by atoms with Crippen molar-refractivity contribution in [1.29, 1.82) is 0 Å². The van der Waals surface area contributed by atoms with Gasteiger partial charge in [0.15, 0.2) is 11.5 Å². The Bertz CT molecular complexity index is 1000. The standard InChI is InChI=1S/C26H35N3O5/c1-7-29(8-2)14-13-27-25(30)23-19-15-21(33-5)22(34-6)16-20(19)26(31)28(3)24(23)17-9-11-18(32-4)12-10-17/h9-12,15-16,23-24H,7-8,13-14H2,1-6H3,(H,27,30)/t23-,24-/m0/s1. The van der Waals surface area contributed by atoms with Crippen molar-refractivity contribution in [1.82, 2.24) is 15.1 Å². The molecule has 2 aromatic rings. The number of amides is 2. The molecule has 0 saturated heterocycles. The molecular weight excluding hydrogens is 434 g/mol. The Morgan fingerprint density at radius 1 is 1.00 bits per heavy atom. The maximum absolute atomic E-state index is 13.7. The summed E-state index contributed by atoms with van der Waals surface area (Å²) >= 11 is 0. The zero-order valence-corrected chi connectivity index (χ0v) is 20.9. The minimum atomic E-state index is -0.623. The highest BCUT2D eigenvalue weighted by Crippen LogP contribution is 2.45. The molecule has 2 aromatic carbocycles. The van der Waals surface area contributed by atoms with Crippen LogP contribution in [0.15, 0.2) is 36.4 Å². The Morgan fingerprint density at radius 3 is 2.18 bits per heavy atom. The van der Waals surface area contributed by atoms with Crippen LogP contribution in [0.5, 0.6) is 17.2 Å². The van der Waals surface area contributed by atoms with Crippen LogP contribution in [0, 0.1) is 0 Å². The number of nitrogens with zero attached hydrogens (tertiary/aromatic N) is 2. The fraction of sp³-hybridized carbons (Fsp3) is 0.462. The number of likely N-dealkylation sites (N-methyl/N-ethyl adjacent to an activating group) is 2. The van der Waals surface area contributed by atoms with E-state index >= 15 is 0 Å². The number of rotatable bonds is 10. The van der Waals surface area contributed by atoms with Crippen LogP contribution in [-0.4, -0.2) is 76.2 Å². The summed E-state index contributed by atoms with van der Waals surface area (Å²) in [7, 11) is 6.40. The van der Waals surface area contributed by atoms with Gasteiger partial charge in [-0.15, -0.1) is 0 Å². The molecule has 0 fully saturated rings. The number of hydrogen-bond donors (Lipinski definition) is 1. The zero-order valence-electron chi connectivity index (χ0n) is 20.9. The van der Waals surface area contributed by atoms with Crippen LogP contribution >= 0.6 is 0 Å². The third-order valence-electron chi connectivity index (χ3n) is 6.54. The van der Waals surface area contributed by atoms with Crippen molar-refractivity contribution in [3.63, 3.8) is 0 Å². The van der Waals surface area contributed by atoms with Crippen LogP contribution in [0.2, 0.25) is 0 Å². The Balaban J connectivity index is 2.06. The lowest BCUT2D eigenvalue weighted by atomic mass is 9.79. The molecule has 0 saturated carbocycles. The molecule has 1 aliphatic heterocycles. The van der Waals surface area contributed by atoms with E-state index in [0.717, 1.165) is 25.2 Å². The Labute approximate surface area is 201 Å². The summed E-state index contributed by atoms with van der Waals surface area (Å²) in [5, 5.41) is 3.10. The minimum Gasteiger partial charge on any atom is -0.497 e. The summed E-state index contributed by atoms with van der Waals surface area (Å²) in [6.07, 6.45) is 0. The Kier molecular flexibility index (Phi) is 8.39. The smallest absolute Gasteiger partial charge is 0.254 e. The highest BCUT2D eigenvalue weighted by molar-refractivity contribution is 6.02. The van der Waals surface area contributed by atoms with Crippen LogP contribution in [-0.2, 0) is 4.79 Å². The van der Waals surface area contributed by atoms with E-state index in [0.29, 0.717) is 34.9 Å². The predicted molar refractivity (Wildman–Crippen MR) is 131 cm³/mol. The molecule has 8 nitrogen and oxygen atoms in total. The second-order valence-electron chi connectivity index (χ2n) is 8.22. The van der Waals surface area contributed by atoms with Crippen LogP contribution in [0.4, 0.5) is 0 Å². The average Bonchev–Trinajstić information content (AvgIpc) is 2.87. The summed E-state index contributed by atoms with van der Waals surface area (Å²) in [5.41, 5.74) is 1.91. The number of carbonyl (C=O) groups excluding carboxylic acids is 2. The van der Waals surface area contributed by atoms with Crippen molar-refractivity contribution in [2.75, 3.05) is 54.6 Å². The molecule has 3 rings (SSSR count). The van der Waals surface area contributed by atoms with Crippen LogP contribution in [0.1, 0.15) is 47.3 Å². The fourth-order valence-electron chi connectivity index (χ4n) is 4.54. The topological polar surface area (TPSA) is 80.3 Å². The SMILES string of the molecule is CCN(CC)CCNC(=O)[C@H]1c2cc(OC)c(OC)cc2C(=O)N(C)[C@H]1c1ccc(OC)cc1. The van der Waals surface area contributed by atoms with Crippen molar-refractivity contribution in [2.45, 2.75) is 25.8 Å². The summed E-state index contributed by atoms with van der Waals surface area (Å²) in [6, 6.07) is 10.4. The van der Waals surface area contributed by atoms with Crippen molar-refractivity contribution in [3.05, 3.63) is 53.1 Å². The third-order valence-corrected chi connectivity index (χ3v) is 6.54. The molecule has 0 spiro atoms. The lowest BCUT2D eigenvalue weighted by molar-refractivity contribution is -0.124. The van der Waals surface area contributed by atoms with Crippen molar-refractivity contribution >= 4 is 11.8 Å². The first kappa shape index (κ1) is 25.4. The zero-order chi connectivity index (χ0) is 24.8. The molecule has 184 valence electrons. The highest BCUT2D eigenvalue weighted by Gasteiger charge is 2.43. The van der Waals surface area contributed by atoms with Crippen LogP contribution in [0.3, 0.4) is 0 Å². The van der Waals surface area contributed by atoms with Gasteiger partial charge in [0, 0.05) is 25.7 Å². The molecule has 8 heteroatoms. The lowest BCUT2D eigenvalue weighted by Crippen LogP contribution is -2.46. The number of hydrogen-bond acceptors (Lipinski definition) is 6. The second kappa shape index (κ2) is 11.2. The van der Waals surface area contributed by atoms with Crippen LogP contribution in [0.25, 0.3) is 0 Å². The molecule has 0 radical (unpaired) electrons. The van der Waals surface area contributed by atoms with Gasteiger partial charge in [-0.05, 0) is 48.5 Å². The van der Waals surface area contributed by atoms with E-state index in [9.17, 15) is 9.59 Å². The number of carbonyl (C=O) groups is 2. The normalized spacial score (nSPS) is 17.4. The van der Waals surface area contributed by atoms with Gasteiger partial charge < -0.3 is 29.3 Å². The average molecular weight is 470 g/mol. The molecule has 0 bridgehead atoms. The predicted octanol–water partition coefficient (Wildman–Crippen LogP) is 3.08. The molecule has 0 unspecified atom stereocenters. The fourth-order valence-corrected chi connectivity index (χ4v) is 4.54. The van der Waals surface area contributed by atoms with Crippen molar-refractivity contribution in [3.8, 4) is 17.2 Å². The summed E-state index contributed by atoms with van der Waals surface area (Å²) in [4.78, 5) is 31.0. The monoisotopic (exact) mass is 469 g/mol. The number of fused-ring (bicyclic) bond motifs is 1. The molecule has 34 heavy (non-hydrogen) atoms. The summed E-state index contributed by atoms with van der Waals surface area (Å²) < 4.78 is 16.2. The van der Waals surface area contributed by atoms with E-state index in [1.807, 2.05) is 24.3 Å². The lowest BCUT2D eigenvalue weighted by Gasteiger charge is -2.40. The van der Waals surface area contributed by atoms with E-state index in [1.165, 1.54) is 7.11 Å². The van der Waals surface area contributed by atoms with Gasteiger partial charge in [0.1, 0.15) is 5.75 Å². The molecule has 1 aliphatic rings. The molecule has 1 N–H and O–H groups in total. The van der Waals surface area contributed by atoms with E-state index in [2.05, 4.69) is 24.1 Å². The molecule has 1 heterocycles. The summed E-state index contributed by atoms with van der Waals surface area (Å²) in [6.45, 7) is 7.31. The second-order valence-corrected chi connectivity index (χ2v) is 8.22. The van der Waals surface area contributed by atoms with E-state index in [4.69, 9.17) is 14.2 Å². The Morgan fingerprint density at radius 2 is 1.62 bits per heavy atom. The minimum absolute atomic E-state index is 0.138. The third kappa shape index (κ3) is 4.97. The first-order valence-corrected chi connectivity index (χ1v) is 11.6. The maximum Gasteiger partial charge on any atom is 0.254 e. The van der Waals surface area contributed by atoms with Gasteiger partial charge in [-0.25, -0.2) is 0 Å². The summed E-state index contributed by atoms with van der Waals surface area (Å²) in [5.74, 6) is 0.701. The van der Waals surface area contributed by atoms with Gasteiger partial charge in [0.25, 0.3) is 5.91 Å². The maximum atomic E-state index is 13.7. The van der Waals surface area contributed by atoms with E-state index in [1.54, 1.807) is 38.3 Å². The van der Waals surface area contributed by atoms with Gasteiger partial charge in [-0.3, -0.25) is 9.59 Å². The van der Waals surface area contributed by atoms with Gasteiger partial charge in [0.2, 0.25) is 5.91 Å². The van der Waals surface area contributed by atoms with E-state index < -0.39 is 12.0 Å². The number of benzene rings is 2. The number of nitrogens with one attached hydrogen (secondary N) is 1. The van der Waals surface area contributed by atoms with Crippen molar-refractivity contribution in [2.24, 2.45) is 0 Å². The van der Waals surface area contributed by atoms with Gasteiger partial charge in [-0.2, -0.15) is 0 Å². The number of ether oxygens (including phenoxy) is 3. The highest BCUT2D eigenvalue weighted by atomic mass is 16.5. The molecule has 0 aromatic heterocycles. The molecule has 2 atom stereocenters. The first-order valence-electron chi connectivity index (χ1n) is 11.6. The van der Waals surface area contributed by atoms with Crippen LogP contribution < -0.4 is 19.5 Å². The quantitative estimate of drug-likeness (QED) is 0.576. The molecule has 2 amide bonds. The first-order chi connectivity index (χ1) is 16.4. The van der Waals surface area contributed by atoms with Crippen molar-refractivity contribution < 1.29 is 23.8 Å². The van der Waals surface area contributed by atoms with Gasteiger partial charge in [-0.1, -0.05) is 26.0 Å². The molecule has 0 aliphatic carbocycles. The van der Waals surface area contributed by atoms with Gasteiger partial charge in [0.05, 0.1) is 33.3 Å². The largest absolute Gasteiger partial charge is 0.497 e. The van der Waals surface area contributed by atoms with Gasteiger partial charge >= 0.3 is 0 Å². The Hall–Kier alpha value is -3.26. The van der Waals surface area contributed by atoms with E-state index in [-0.39, 0.29) is 11.8 Å². The number of methoxy groups -OCH3 is 3.